The second kappa shape index (κ2) is 3.30. The molecule has 1 aromatic rings. The van der Waals surface area contributed by atoms with Crippen LogP contribution in [0.15, 0.2) is 6.07 Å². The van der Waals surface area contributed by atoms with Crippen molar-refractivity contribution in [1.29, 1.82) is 0 Å². The lowest BCUT2D eigenvalue weighted by Gasteiger charge is -2.22. The van der Waals surface area contributed by atoms with Crippen LogP contribution in [0.4, 0.5) is 0 Å². The fourth-order valence-electron chi connectivity index (χ4n) is 2.04. The third-order valence-corrected chi connectivity index (χ3v) is 3.02. The number of halogens is 1. The van der Waals surface area contributed by atoms with Gasteiger partial charge in [-0.1, -0.05) is 18.5 Å². The van der Waals surface area contributed by atoms with E-state index in [2.05, 4.69) is 18.8 Å². The van der Waals surface area contributed by atoms with Crippen LogP contribution in [0, 0.1) is 12.8 Å². The molecule has 0 radical (unpaired) electrons. The van der Waals surface area contributed by atoms with Gasteiger partial charge in [-0.2, -0.15) is 0 Å². The monoisotopic (exact) mass is 195 g/mol. The van der Waals surface area contributed by atoms with E-state index in [1.807, 2.05) is 6.07 Å². The quantitative estimate of drug-likeness (QED) is 0.580. The Kier molecular flexibility index (Phi) is 2.29. The van der Waals surface area contributed by atoms with Crippen molar-refractivity contribution in [1.82, 2.24) is 4.98 Å². The van der Waals surface area contributed by atoms with Crippen molar-refractivity contribution in [3.63, 3.8) is 0 Å². The van der Waals surface area contributed by atoms with Crippen LogP contribution in [-0.2, 0) is 12.8 Å². The van der Waals surface area contributed by atoms with E-state index in [0.717, 1.165) is 12.3 Å². The standard InChI is InChI=1S/C11H14ClN/c1-7-3-4-10-9(5-7)8(2)6-11(12)13-10/h6-7H,3-5H2,1-2H3. The molecule has 13 heavy (non-hydrogen) atoms. The average Bonchev–Trinajstić information content (AvgIpc) is 2.06. The molecule has 2 heteroatoms. The third-order valence-electron chi connectivity index (χ3n) is 2.83. The Labute approximate surface area is 84.1 Å². The molecule has 70 valence electrons. The van der Waals surface area contributed by atoms with Gasteiger partial charge in [-0.05, 0) is 49.3 Å². The largest absolute Gasteiger partial charge is 0.241 e. The normalized spacial score (nSPS) is 21.3. The molecule has 1 aliphatic carbocycles. The van der Waals surface area contributed by atoms with E-state index in [0.29, 0.717) is 5.15 Å². The minimum absolute atomic E-state index is 0.644. The van der Waals surface area contributed by atoms with Crippen LogP contribution < -0.4 is 0 Å². The van der Waals surface area contributed by atoms with E-state index in [9.17, 15) is 0 Å². The molecule has 0 bridgehead atoms. The number of pyridine rings is 1. The summed E-state index contributed by atoms with van der Waals surface area (Å²) in [5, 5.41) is 0.644. The molecule has 2 rings (SSSR count). The van der Waals surface area contributed by atoms with Crippen LogP contribution in [-0.4, -0.2) is 4.98 Å². The van der Waals surface area contributed by atoms with E-state index in [-0.39, 0.29) is 0 Å². The van der Waals surface area contributed by atoms with E-state index in [1.54, 1.807) is 0 Å². The number of rotatable bonds is 0. The first kappa shape index (κ1) is 9.01. The van der Waals surface area contributed by atoms with Crippen molar-refractivity contribution in [2.24, 2.45) is 5.92 Å². The summed E-state index contributed by atoms with van der Waals surface area (Å²) < 4.78 is 0. The van der Waals surface area contributed by atoms with Crippen molar-refractivity contribution < 1.29 is 0 Å². The van der Waals surface area contributed by atoms with E-state index in [4.69, 9.17) is 11.6 Å². The van der Waals surface area contributed by atoms with Crippen LogP contribution in [0.25, 0.3) is 0 Å². The number of aryl methyl sites for hydroxylation is 2. The molecule has 1 unspecified atom stereocenters. The van der Waals surface area contributed by atoms with Gasteiger partial charge in [-0.15, -0.1) is 0 Å². The van der Waals surface area contributed by atoms with Crippen molar-refractivity contribution in [2.75, 3.05) is 0 Å². The molecule has 1 aromatic heterocycles. The fraction of sp³-hybridized carbons (Fsp3) is 0.545. The van der Waals surface area contributed by atoms with Gasteiger partial charge in [0.2, 0.25) is 0 Å². The Balaban J connectivity index is 2.47. The van der Waals surface area contributed by atoms with Crippen molar-refractivity contribution >= 4 is 11.6 Å². The zero-order valence-electron chi connectivity index (χ0n) is 8.10. The maximum absolute atomic E-state index is 5.91. The maximum Gasteiger partial charge on any atom is 0.129 e. The van der Waals surface area contributed by atoms with Crippen LogP contribution in [0.5, 0.6) is 0 Å². The molecule has 0 aliphatic heterocycles. The fourth-order valence-corrected chi connectivity index (χ4v) is 2.31. The first-order valence-corrected chi connectivity index (χ1v) is 5.19. The van der Waals surface area contributed by atoms with Gasteiger partial charge in [0, 0.05) is 5.69 Å². The number of fused-ring (bicyclic) bond motifs is 1. The molecule has 0 N–H and O–H groups in total. The minimum Gasteiger partial charge on any atom is -0.241 e. The van der Waals surface area contributed by atoms with Gasteiger partial charge in [0.15, 0.2) is 0 Å². The first-order valence-electron chi connectivity index (χ1n) is 4.81. The molecule has 0 aromatic carbocycles. The molecule has 1 atom stereocenters. The summed E-state index contributed by atoms with van der Waals surface area (Å²) >= 11 is 5.91. The Morgan fingerprint density at radius 1 is 1.54 bits per heavy atom. The number of hydrogen-bond acceptors (Lipinski definition) is 1. The second-order valence-corrected chi connectivity index (χ2v) is 4.42. The minimum atomic E-state index is 0.644. The van der Waals surface area contributed by atoms with E-state index >= 15 is 0 Å². The van der Waals surface area contributed by atoms with Crippen LogP contribution in [0.2, 0.25) is 5.15 Å². The Bertz CT molecular complexity index is 333. The second-order valence-electron chi connectivity index (χ2n) is 4.04. The summed E-state index contributed by atoms with van der Waals surface area (Å²) in [6.07, 6.45) is 3.52. The summed E-state index contributed by atoms with van der Waals surface area (Å²) in [5.41, 5.74) is 3.97. The smallest absolute Gasteiger partial charge is 0.129 e. The molecule has 1 nitrogen and oxygen atoms in total. The van der Waals surface area contributed by atoms with E-state index < -0.39 is 0 Å². The van der Waals surface area contributed by atoms with Crippen molar-refractivity contribution in [3.8, 4) is 0 Å². The van der Waals surface area contributed by atoms with Gasteiger partial charge in [0.25, 0.3) is 0 Å². The summed E-state index contributed by atoms with van der Waals surface area (Å²) in [5.74, 6) is 0.800. The van der Waals surface area contributed by atoms with Crippen LogP contribution in [0.3, 0.4) is 0 Å². The van der Waals surface area contributed by atoms with E-state index in [1.165, 1.54) is 29.7 Å². The molecular weight excluding hydrogens is 182 g/mol. The topological polar surface area (TPSA) is 12.9 Å². The number of hydrogen-bond donors (Lipinski definition) is 0. The maximum atomic E-state index is 5.91. The highest BCUT2D eigenvalue weighted by Gasteiger charge is 2.18. The van der Waals surface area contributed by atoms with Crippen molar-refractivity contribution in [3.05, 3.63) is 28.0 Å². The Hall–Kier alpha value is -0.560. The summed E-state index contributed by atoms with van der Waals surface area (Å²) in [7, 11) is 0. The molecule has 0 saturated heterocycles. The van der Waals surface area contributed by atoms with Crippen LogP contribution >= 0.6 is 11.6 Å². The highest BCUT2D eigenvalue weighted by atomic mass is 35.5. The van der Waals surface area contributed by atoms with Gasteiger partial charge in [0.1, 0.15) is 5.15 Å². The van der Waals surface area contributed by atoms with Gasteiger partial charge >= 0.3 is 0 Å². The zero-order chi connectivity index (χ0) is 9.42. The van der Waals surface area contributed by atoms with Gasteiger partial charge in [-0.3, -0.25) is 0 Å². The Morgan fingerprint density at radius 3 is 3.08 bits per heavy atom. The third kappa shape index (κ3) is 1.71. The SMILES string of the molecule is Cc1cc(Cl)nc2c1CC(C)CC2. The molecular formula is C11H14ClN. The summed E-state index contributed by atoms with van der Waals surface area (Å²) in [4.78, 5) is 4.37. The Morgan fingerprint density at radius 2 is 2.31 bits per heavy atom. The summed E-state index contributed by atoms with van der Waals surface area (Å²) in [6, 6.07) is 1.97. The lowest BCUT2D eigenvalue weighted by Crippen LogP contribution is -2.14. The molecule has 0 saturated carbocycles. The van der Waals surface area contributed by atoms with Gasteiger partial charge in [0.05, 0.1) is 0 Å². The molecule has 0 fully saturated rings. The molecule has 0 spiro atoms. The number of nitrogens with zero attached hydrogens (tertiary/aromatic N) is 1. The highest BCUT2D eigenvalue weighted by molar-refractivity contribution is 6.29. The predicted molar refractivity (Wildman–Crippen MR) is 55.2 cm³/mol. The molecule has 1 aliphatic rings. The van der Waals surface area contributed by atoms with Gasteiger partial charge < -0.3 is 0 Å². The summed E-state index contributed by atoms with van der Waals surface area (Å²) in [6.45, 7) is 4.43. The zero-order valence-corrected chi connectivity index (χ0v) is 8.86. The highest BCUT2D eigenvalue weighted by Crippen LogP contribution is 2.27. The van der Waals surface area contributed by atoms with Crippen molar-refractivity contribution in [2.45, 2.75) is 33.1 Å². The van der Waals surface area contributed by atoms with Crippen LogP contribution in [0.1, 0.15) is 30.2 Å². The first-order chi connectivity index (χ1) is 6.16. The molecule has 0 amide bonds. The van der Waals surface area contributed by atoms with Gasteiger partial charge in [-0.25, -0.2) is 4.98 Å². The lowest BCUT2D eigenvalue weighted by atomic mass is 9.86. The average molecular weight is 196 g/mol. The predicted octanol–water partition coefficient (Wildman–Crippen LogP) is 3.17. The molecule has 1 heterocycles. The number of aromatic nitrogens is 1. The lowest BCUT2D eigenvalue weighted by molar-refractivity contribution is 0.492.